The molecule has 0 radical (unpaired) electrons. The molecule has 0 aliphatic rings. The van der Waals surface area contributed by atoms with Gasteiger partial charge < -0.3 is 10.2 Å². The number of rotatable bonds is 5. The molecular formula is C17H17N5OS. The van der Waals surface area contributed by atoms with Gasteiger partial charge in [0.25, 0.3) is 0 Å². The molecule has 3 rings (SSSR count). The molecule has 1 N–H and O–H groups in total. The highest BCUT2D eigenvalue weighted by Gasteiger charge is 2.03. The van der Waals surface area contributed by atoms with Gasteiger partial charge in [0.05, 0.1) is 10.2 Å². The standard InChI is InChI=1S/C17H17N5OS/c1-22(2)17-19-10-12(11-20-17)9-18-15(23)7-8-16-21-13-5-3-4-6-14(13)24-16/h3-8,10-11H,9H2,1-2H3,(H,18,23). The Morgan fingerprint density at radius 2 is 2.00 bits per heavy atom. The summed E-state index contributed by atoms with van der Waals surface area (Å²) in [4.78, 5) is 26.6. The van der Waals surface area contributed by atoms with Crippen molar-refractivity contribution in [3.8, 4) is 0 Å². The fourth-order valence-electron chi connectivity index (χ4n) is 2.03. The van der Waals surface area contributed by atoms with Crippen LogP contribution in [0, 0.1) is 0 Å². The fraction of sp³-hybridized carbons (Fsp3) is 0.176. The Morgan fingerprint density at radius 3 is 2.71 bits per heavy atom. The van der Waals surface area contributed by atoms with Crippen molar-refractivity contribution in [1.82, 2.24) is 20.3 Å². The third kappa shape index (κ3) is 3.94. The number of carbonyl (C=O) groups is 1. The third-order valence-electron chi connectivity index (χ3n) is 3.25. The molecule has 0 spiro atoms. The zero-order valence-corrected chi connectivity index (χ0v) is 14.2. The van der Waals surface area contributed by atoms with Crippen LogP contribution in [-0.2, 0) is 11.3 Å². The molecule has 0 fully saturated rings. The Balaban J connectivity index is 1.56. The topological polar surface area (TPSA) is 71.0 Å². The SMILES string of the molecule is CN(C)c1ncc(CNC(=O)C=Cc2nc3ccccc3s2)cn1. The highest BCUT2D eigenvalue weighted by Crippen LogP contribution is 2.22. The van der Waals surface area contributed by atoms with Crippen LogP contribution in [0.2, 0.25) is 0 Å². The number of nitrogens with zero attached hydrogens (tertiary/aromatic N) is 4. The number of hydrogen-bond donors (Lipinski definition) is 1. The van der Waals surface area contributed by atoms with Gasteiger partial charge in [-0.1, -0.05) is 12.1 Å². The maximum atomic E-state index is 11.9. The molecular weight excluding hydrogens is 322 g/mol. The van der Waals surface area contributed by atoms with Crippen molar-refractivity contribution in [2.75, 3.05) is 19.0 Å². The predicted octanol–water partition coefficient (Wildman–Crippen LogP) is 2.48. The monoisotopic (exact) mass is 339 g/mol. The fourth-order valence-corrected chi connectivity index (χ4v) is 2.90. The van der Waals surface area contributed by atoms with Crippen LogP contribution < -0.4 is 10.2 Å². The molecule has 2 heterocycles. The van der Waals surface area contributed by atoms with Gasteiger partial charge in [-0.2, -0.15) is 0 Å². The molecule has 1 amide bonds. The van der Waals surface area contributed by atoms with E-state index < -0.39 is 0 Å². The molecule has 7 heteroatoms. The molecule has 122 valence electrons. The van der Waals surface area contributed by atoms with Gasteiger partial charge >= 0.3 is 0 Å². The van der Waals surface area contributed by atoms with Crippen molar-refractivity contribution in [2.24, 2.45) is 0 Å². The second kappa shape index (κ2) is 7.18. The highest BCUT2D eigenvalue weighted by molar-refractivity contribution is 7.19. The van der Waals surface area contributed by atoms with Gasteiger partial charge in [0.15, 0.2) is 0 Å². The second-order valence-corrected chi connectivity index (χ2v) is 6.42. The molecule has 0 aliphatic carbocycles. The van der Waals surface area contributed by atoms with Gasteiger partial charge in [0.1, 0.15) is 5.01 Å². The summed E-state index contributed by atoms with van der Waals surface area (Å²) in [7, 11) is 3.76. The number of fused-ring (bicyclic) bond motifs is 1. The van der Waals surface area contributed by atoms with E-state index in [9.17, 15) is 4.79 Å². The maximum absolute atomic E-state index is 11.9. The van der Waals surface area contributed by atoms with Gasteiger partial charge in [-0.05, 0) is 18.2 Å². The molecule has 6 nitrogen and oxygen atoms in total. The highest BCUT2D eigenvalue weighted by atomic mass is 32.1. The molecule has 3 aromatic rings. The van der Waals surface area contributed by atoms with E-state index in [4.69, 9.17) is 0 Å². The largest absolute Gasteiger partial charge is 0.348 e. The van der Waals surface area contributed by atoms with Crippen LogP contribution in [0.1, 0.15) is 10.6 Å². The third-order valence-corrected chi connectivity index (χ3v) is 4.25. The zero-order chi connectivity index (χ0) is 16.9. The maximum Gasteiger partial charge on any atom is 0.244 e. The average molecular weight is 339 g/mol. The van der Waals surface area contributed by atoms with E-state index in [0.717, 1.165) is 20.8 Å². The lowest BCUT2D eigenvalue weighted by molar-refractivity contribution is -0.116. The Labute approximate surface area is 143 Å². The smallest absolute Gasteiger partial charge is 0.244 e. The quantitative estimate of drug-likeness (QED) is 0.723. The van der Waals surface area contributed by atoms with E-state index in [0.29, 0.717) is 12.5 Å². The average Bonchev–Trinajstić information content (AvgIpc) is 3.01. The van der Waals surface area contributed by atoms with E-state index >= 15 is 0 Å². The first-order valence-electron chi connectivity index (χ1n) is 7.41. The van der Waals surface area contributed by atoms with Crippen LogP contribution in [0.4, 0.5) is 5.95 Å². The molecule has 0 aliphatic heterocycles. The first kappa shape index (κ1) is 16.1. The predicted molar refractivity (Wildman–Crippen MR) is 96.9 cm³/mol. The Hall–Kier alpha value is -2.80. The molecule has 24 heavy (non-hydrogen) atoms. The first-order valence-corrected chi connectivity index (χ1v) is 8.23. The molecule has 2 aromatic heterocycles. The van der Waals surface area contributed by atoms with Crippen molar-refractivity contribution in [3.05, 3.63) is 53.3 Å². The summed E-state index contributed by atoms with van der Waals surface area (Å²) >= 11 is 1.56. The summed E-state index contributed by atoms with van der Waals surface area (Å²) in [5.41, 5.74) is 1.79. The van der Waals surface area contributed by atoms with Crippen LogP contribution >= 0.6 is 11.3 Å². The van der Waals surface area contributed by atoms with Gasteiger partial charge in [-0.25, -0.2) is 15.0 Å². The Morgan fingerprint density at radius 1 is 1.25 bits per heavy atom. The molecule has 0 atom stereocenters. The number of nitrogens with one attached hydrogen (secondary N) is 1. The minimum absolute atomic E-state index is 0.175. The minimum Gasteiger partial charge on any atom is -0.348 e. The van der Waals surface area contributed by atoms with Gasteiger partial charge in [-0.3, -0.25) is 4.79 Å². The Kier molecular flexibility index (Phi) is 4.81. The van der Waals surface area contributed by atoms with Crippen LogP contribution in [0.3, 0.4) is 0 Å². The molecule has 0 bridgehead atoms. The minimum atomic E-state index is -0.175. The molecule has 0 saturated carbocycles. The van der Waals surface area contributed by atoms with E-state index in [1.165, 1.54) is 6.08 Å². The second-order valence-electron chi connectivity index (χ2n) is 5.36. The van der Waals surface area contributed by atoms with Crippen LogP contribution in [0.5, 0.6) is 0 Å². The zero-order valence-electron chi connectivity index (χ0n) is 13.4. The summed E-state index contributed by atoms with van der Waals surface area (Å²) < 4.78 is 1.11. The van der Waals surface area contributed by atoms with Gasteiger partial charge in [0.2, 0.25) is 11.9 Å². The number of aromatic nitrogens is 3. The van der Waals surface area contributed by atoms with E-state index in [1.54, 1.807) is 29.8 Å². The lowest BCUT2D eigenvalue weighted by Crippen LogP contribution is -2.21. The van der Waals surface area contributed by atoms with Crippen molar-refractivity contribution < 1.29 is 4.79 Å². The van der Waals surface area contributed by atoms with Crippen LogP contribution in [0.15, 0.2) is 42.7 Å². The number of para-hydroxylation sites is 1. The number of carbonyl (C=O) groups excluding carboxylic acids is 1. The number of hydrogen-bond acceptors (Lipinski definition) is 6. The number of amides is 1. The van der Waals surface area contributed by atoms with Crippen LogP contribution in [0.25, 0.3) is 16.3 Å². The van der Waals surface area contributed by atoms with Gasteiger partial charge in [-0.15, -0.1) is 11.3 Å². The number of anilines is 1. The number of thiazole rings is 1. The Bertz CT molecular complexity index is 837. The van der Waals surface area contributed by atoms with Crippen molar-refractivity contribution in [3.63, 3.8) is 0 Å². The summed E-state index contributed by atoms with van der Waals surface area (Å²) in [6.07, 6.45) is 6.64. The lowest BCUT2D eigenvalue weighted by atomic mass is 10.3. The summed E-state index contributed by atoms with van der Waals surface area (Å²) in [6, 6.07) is 7.90. The summed E-state index contributed by atoms with van der Waals surface area (Å²) in [6.45, 7) is 0.386. The van der Waals surface area contributed by atoms with E-state index in [2.05, 4.69) is 20.3 Å². The van der Waals surface area contributed by atoms with E-state index in [1.807, 2.05) is 43.3 Å². The molecule has 1 aromatic carbocycles. The molecule has 0 unspecified atom stereocenters. The van der Waals surface area contributed by atoms with Crippen molar-refractivity contribution >= 4 is 39.5 Å². The summed E-state index contributed by atoms with van der Waals surface area (Å²) in [5, 5.41) is 3.62. The van der Waals surface area contributed by atoms with Crippen molar-refractivity contribution in [2.45, 2.75) is 6.54 Å². The van der Waals surface area contributed by atoms with Crippen molar-refractivity contribution in [1.29, 1.82) is 0 Å². The molecule has 0 saturated heterocycles. The van der Waals surface area contributed by atoms with Crippen LogP contribution in [-0.4, -0.2) is 35.0 Å². The lowest BCUT2D eigenvalue weighted by Gasteiger charge is -2.09. The van der Waals surface area contributed by atoms with Gasteiger partial charge in [0, 0.05) is 44.7 Å². The van der Waals surface area contributed by atoms with E-state index in [-0.39, 0.29) is 5.91 Å². The normalized spacial score (nSPS) is 11.1. The first-order chi connectivity index (χ1) is 11.6. The number of benzene rings is 1. The summed E-state index contributed by atoms with van der Waals surface area (Å²) in [5.74, 6) is 0.465.